The first-order chi connectivity index (χ1) is 7.27. The van der Waals surface area contributed by atoms with E-state index in [0.29, 0.717) is 5.69 Å². The zero-order valence-corrected chi connectivity index (χ0v) is 7.91. The topological polar surface area (TPSA) is 66.2 Å². The van der Waals surface area contributed by atoms with Crippen LogP contribution >= 0.6 is 0 Å². The van der Waals surface area contributed by atoms with E-state index >= 15 is 0 Å². The Morgan fingerprint density at radius 2 is 1.73 bits per heavy atom. The fourth-order valence-corrected chi connectivity index (χ4v) is 1.27. The average molecular weight is 200 g/mol. The van der Waals surface area contributed by atoms with Gasteiger partial charge in [-0.05, 0) is 6.07 Å². The largest absolute Gasteiger partial charge is 0.528 e. The Morgan fingerprint density at radius 3 is 2.40 bits per heavy atom. The summed E-state index contributed by atoms with van der Waals surface area (Å²) in [7, 11) is -1.63. The number of aromatic nitrogens is 2. The van der Waals surface area contributed by atoms with Crippen molar-refractivity contribution in [1.82, 2.24) is 9.97 Å². The molecule has 5 heteroatoms. The van der Waals surface area contributed by atoms with Crippen molar-refractivity contribution < 1.29 is 10.0 Å². The third-order valence-corrected chi connectivity index (χ3v) is 1.97. The number of rotatable bonds is 2. The van der Waals surface area contributed by atoms with Crippen LogP contribution in [0, 0.1) is 0 Å². The molecule has 0 aliphatic rings. The highest BCUT2D eigenvalue weighted by Gasteiger charge is 2.15. The van der Waals surface area contributed by atoms with Crippen molar-refractivity contribution in [3.8, 4) is 11.3 Å². The molecule has 0 unspecified atom stereocenters. The van der Waals surface area contributed by atoms with Crippen LogP contribution < -0.4 is 5.72 Å². The molecule has 0 spiro atoms. The third-order valence-electron chi connectivity index (χ3n) is 1.97. The van der Waals surface area contributed by atoms with Gasteiger partial charge in [-0.25, -0.2) is 9.97 Å². The molecule has 74 valence electrons. The Bertz CT molecular complexity index is 448. The molecule has 0 saturated carbocycles. The van der Waals surface area contributed by atoms with Crippen LogP contribution in [0.1, 0.15) is 0 Å². The van der Waals surface area contributed by atoms with Crippen molar-refractivity contribution in [2.45, 2.75) is 0 Å². The molecule has 1 heterocycles. The molecular formula is C10H9BN2O2. The Labute approximate surface area is 87.4 Å². The summed E-state index contributed by atoms with van der Waals surface area (Å²) in [4.78, 5) is 7.78. The predicted octanol–water partition coefficient (Wildman–Crippen LogP) is -0.177. The van der Waals surface area contributed by atoms with Gasteiger partial charge < -0.3 is 10.0 Å². The standard InChI is InChI=1S/C10H9BN2O2/c14-11(15)10-12-7-6-9(13-10)8-4-2-1-3-5-8/h1-7,14-15H. The van der Waals surface area contributed by atoms with E-state index in [1.165, 1.54) is 6.20 Å². The van der Waals surface area contributed by atoms with Gasteiger partial charge in [-0.2, -0.15) is 0 Å². The highest BCUT2D eigenvalue weighted by Crippen LogP contribution is 2.13. The Kier molecular flexibility index (Phi) is 2.76. The van der Waals surface area contributed by atoms with Crippen LogP contribution in [0.25, 0.3) is 11.3 Å². The second kappa shape index (κ2) is 4.21. The van der Waals surface area contributed by atoms with E-state index in [4.69, 9.17) is 10.0 Å². The first-order valence-electron chi connectivity index (χ1n) is 4.52. The Balaban J connectivity index is 2.42. The maximum atomic E-state index is 8.93. The minimum absolute atomic E-state index is 0.0105. The van der Waals surface area contributed by atoms with Crippen molar-refractivity contribution in [3.63, 3.8) is 0 Å². The molecule has 0 amide bonds. The molecule has 2 aromatic rings. The molecule has 0 aliphatic carbocycles. The van der Waals surface area contributed by atoms with Crippen molar-refractivity contribution in [1.29, 1.82) is 0 Å². The lowest BCUT2D eigenvalue weighted by molar-refractivity contribution is 0.422. The van der Waals surface area contributed by atoms with Crippen molar-refractivity contribution in [2.75, 3.05) is 0 Å². The van der Waals surface area contributed by atoms with Gasteiger partial charge in [-0.3, -0.25) is 0 Å². The quantitative estimate of drug-likeness (QED) is 0.660. The van der Waals surface area contributed by atoms with Gasteiger partial charge in [0.2, 0.25) is 0 Å². The van der Waals surface area contributed by atoms with E-state index in [-0.39, 0.29) is 5.72 Å². The summed E-state index contributed by atoms with van der Waals surface area (Å²) in [5.74, 6) is 0. The molecule has 0 fully saturated rings. The summed E-state index contributed by atoms with van der Waals surface area (Å²) >= 11 is 0. The molecule has 2 N–H and O–H groups in total. The van der Waals surface area contributed by atoms with Crippen molar-refractivity contribution in [3.05, 3.63) is 42.6 Å². The molecule has 0 atom stereocenters. The molecule has 0 saturated heterocycles. The van der Waals surface area contributed by atoms with Crippen LogP contribution in [0.15, 0.2) is 42.6 Å². The van der Waals surface area contributed by atoms with E-state index in [9.17, 15) is 0 Å². The molecule has 15 heavy (non-hydrogen) atoms. The molecule has 0 bridgehead atoms. The lowest BCUT2D eigenvalue weighted by atomic mass is 9.90. The number of hydrogen-bond donors (Lipinski definition) is 2. The summed E-state index contributed by atoms with van der Waals surface area (Å²) < 4.78 is 0. The van der Waals surface area contributed by atoms with Crippen LogP contribution in [0.2, 0.25) is 0 Å². The van der Waals surface area contributed by atoms with E-state index in [1.54, 1.807) is 6.07 Å². The summed E-state index contributed by atoms with van der Waals surface area (Å²) in [5.41, 5.74) is 1.60. The fourth-order valence-electron chi connectivity index (χ4n) is 1.27. The maximum absolute atomic E-state index is 8.93. The molecular weight excluding hydrogens is 191 g/mol. The van der Waals surface area contributed by atoms with Crippen LogP contribution in [-0.4, -0.2) is 27.1 Å². The van der Waals surface area contributed by atoms with E-state index in [0.717, 1.165) is 5.56 Å². The first-order valence-corrected chi connectivity index (χ1v) is 4.52. The highest BCUT2D eigenvalue weighted by molar-refractivity contribution is 6.56. The van der Waals surface area contributed by atoms with Gasteiger partial charge in [0.25, 0.3) is 0 Å². The smallest absolute Gasteiger partial charge is 0.421 e. The Morgan fingerprint density at radius 1 is 1.00 bits per heavy atom. The Hall–Kier alpha value is -1.72. The maximum Gasteiger partial charge on any atom is 0.528 e. The van der Waals surface area contributed by atoms with Gasteiger partial charge in [-0.1, -0.05) is 30.3 Å². The zero-order chi connectivity index (χ0) is 10.7. The molecule has 1 aromatic carbocycles. The minimum Gasteiger partial charge on any atom is -0.421 e. The normalized spacial score (nSPS) is 10.0. The van der Waals surface area contributed by atoms with Crippen molar-refractivity contribution in [2.24, 2.45) is 0 Å². The number of nitrogens with zero attached hydrogens (tertiary/aromatic N) is 2. The molecule has 1 aromatic heterocycles. The summed E-state index contributed by atoms with van der Waals surface area (Å²) in [5, 5.41) is 17.9. The molecule has 4 nitrogen and oxygen atoms in total. The fraction of sp³-hybridized carbons (Fsp3) is 0. The highest BCUT2D eigenvalue weighted by atomic mass is 16.4. The lowest BCUT2D eigenvalue weighted by Crippen LogP contribution is -2.35. The van der Waals surface area contributed by atoms with Crippen LogP contribution in [0.5, 0.6) is 0 Å². The molecule has 0 radical (unpaired) electrons. The van der Waals surface area contributed by atoms with Gasteiger partial charge in [-0.15, -0.1) is 0 Å². The van der Waals surface area contributed by atoms with Gasteiger partial charge in [0.15, 0.2) is 5.72 Å². The summed E-state index contributed by atoms with van der Waals surface area (Å²) in [6.07, 6.45) is 1.50. The second-order valence-corrected chi connectivity index (χ2v) is 3.04. The average Bonchev–Trinajstić information content (AvgIpc) is 2.30. The van der Waals surface area contributed by atoms with Gasteiger partial charge in [0.05, 0.1) is 5.69 Å². The van der Waals surface area contributed by atoms with Crippen LogP contribution in [0.3, 0.4) is 0 Å². The lowest BCUT2D eigenvalue weighted by Gasteiger charge is -2.02. The minimum atomic E-state index is -1.63. The second-order valence-electron chi connectivity index (χ2n) is 3.04. The molecule has 0 aliphatic heterocycles. The number of benzene rings is 1. The van der Waals surface area contributed by atoms with Crippen molar-refractivity contribution >= 4 is 12.8 Å². The van der Waals surface area contributed by atoms with E-state index in [1.807, 2.05) is 30.3 Å². The number of hydrogen-bond acceptors (Lipinski definition) is 4. The molecule has 2 rings (SSSR count). The van der Waals surface area contributed by atoms with E-state index < -0.39 is 7.12 Å². The summed E-state index contributed by atoms with van der Waals surface area (Å²) in [6.45, 7) is 0. The predicted molar refractivity (Wildman–Crippen MR) is 57.3 cm³/mol. The summed E-state index contributed by atoms with van der Waals surface area (Å²) in [6, 6.07) is 11.2. The SMILES string of the molecule is OB(O)c1nccc(-c2ccccc2)n1. The monoisotopic (exact) mass is 200 g/mol. The van der Waals surface area contributed by atoms with Gasteiger partial charge >= 0.3 is 7.12 Å². The third kappa shape index (κ3) is 2.20. The van der Waals surface area contributed by atoms with Crippen LogP contribution in [0.4, 0.5) is 0 Å². The van der Waals surface area contributed by atoms with E-state index in [2.05, 4.69) is 9.97 Å². The zero-order valence-electron chi connectivity index (χ0n) is 7.91. The van der Waals surface area contributed by atoms with Gasteiger partial charge in [0, 0.05) is 11.8 Å². The van der Waals surface area contributed by atoms with Gasteiger partial charge in [0.1, 0.15) is 0 Å². The van der Waals surface area contributed by atoms with Crippen LogP contribution in [-0.2, 0) is 0 Å². The first kappa shape index (κ1) is 9.83.